The van der Waals surface area contributed by atoms with Crippen LogP contribution in [0.1, 0.15) is 45.3 Å². The van der Waals surface area contributed by atoms with E-state index in [-0.39, 0.29) is 12.1 Å². The molecule has 1 unspecified atom stereocenters. The number of hydrogen-bond donors (Lipinski definition) is 1. The van der Waals surface area contributed by atoms with Gasteiger partial charge in [0.15, 0.2) is 0 Å². The number of hydrogen-bond acceptors (Lipinski definition) is 5. The van der Waals surface area contributed by atoms with Crippen molar-refractivity contribution in [2.75, 3.05) is 6.54 Å². The van der Waals surface area contributed by atoms with Gasteiger partial charge in [-0.3, -0.25) is 0 Å². The summed E-state index contributed by atoms with van der Waals surface area (Å²) in [5, 5.41) is 10.4. The molecular formula is C14H21N3O3. The third-order valence-corrected chi connectivity index (χ3v) is 3.21. The van der Waals surface area contributed by atoms with Gasteiger partial charge in [-0.1, -0.05) is 0 Å². The van der Waals surface area contributed by atoms with Crippen molar-refractivity contribution >= 4 is 6.09 Å². The summed E-state index contributed by atoms with van der Waals surface area (Å²) in [4.78, 5) is 21.6. The highest BCUT2D eigenvalue weighted by Crippen LogP contribution is 2.30. The zero-order valence-electron chi connectivity index (χ0n) is 12.1. The molecule has 0 saturated carbocycles. The largest absolute Gasteiger partial charge is 0.444 e. The third kappa shape index (κ3) is 3.45. The average molecular weight is 279 g/mol. The molecule has 0 aromatic carbocycles. The van der Waals surface area contributed by atoms with Gasteiger partial charge in [-0.15, -0.1) is 0 Å². The van der Waals surface area contributed by atoms with Crippen molar-refractivity contribution in [3.8, 4) is 0 Å². The molecule has 1 aromatic heterocycles. The number of amides is 1. The van der Waals surface area contributed by atoms with Crippen LogP contribution in [-0.4, -0.2) is 44.3 Å². The second-order valence-corrected chi connectivity index (χ2v) is 6.00. The van der Waals surface area contributed by atoms with Crippen LogP contribution in [0.25, 0.3) is 0 Å². The lowest BCUT2D eigenvalue weighted by molar-refractivity contribution is 0.00479. The minimum Gasteiger partial charge on any atom is -0.444 e. The average Bonchev–Trinajstić information content (AvgIpc) is 2.86. The highest BCUT2D eigenvalue weighted by Gasteiger charge is 2.37. The first-order valence-corrected chi connectivity index (χ1v) is 6.81. The Kier molecular flexibility index (Phi) is 4.23. The molecule has 2 rings (SSSR count). The van der Waals surface area contributed by atoms with Crippen LogP contribution in [0.2, 0.25) is 0 Å². The Bertz CT molecular complexity index is 458. The lowest BCUT2D eigenvalue weighted by Gasteiger charge is -2.31. The molecule has 0 spiro atoms. The molecule has 0 aliphatic carbocycles. The Morgan fingerprint density at radius 1 is 1.45 bits per heavy atom. The van der Waals surface area contributed by atoms with Crippen LogP contribution < -0.4 is 0 Å². The van der Waals surface area contributed by atoms with Crippen molar-refractivity contribution in [1.29, 1.82) is 0 Å². The highest BCUT2D eigenvalue weighted by atomic mass is 16.6. The van der Waals surface area contributed by atoms with E-state index < -0.39 is 11.7 Å². The number of likely N-dealkylation sites (tertiary alicyclic amines) is 1. The lowest BCUT2D eigenvalue weighted by Crippen LogP contribution is -2.42. The molecule has 20 heavy (non-hydrogen) atoms. The number of rotatable bonds is 2. The Labute approximate surface area is 118 Å². The molecule has 0 radical (unpaired) electrons. The van der Waals surface area contributed by atoms with Gasteiger partial charge in [0.1, 0.15) is 18.0 Å². The smallest absolute Gasteiger partial charge is 0.410 e. The van der Waals surface area contributed by atoms with Crippen LogP contribution in [0.3, 0.4) is 0 Å². The molecule has 1 aliphatic rings. The molecule has 1 aliphatic heterocycles. The molecule has 6 heteroatoms. The SMILES string of the molecule is CC(C)(C)OC(=O)N1CCC[C@H]1C(O)c1cncnc1. The first-order chi connectivity index (χ1) is 9.38. The summed E-state index contributed by atoms with van der Waals surface area (Å²) in [7, 11) is 0. The predicted molar refractivity (Wildman–Crippen MR) is 73.0 cm³/mol. The van der Waals surface area contributed by atoms with Crippen LogP contribution in [0, 0.1) is 0 Å². The molecular weight excluding hydrogens is 258 g/mol. The van der Waals surface area contributed by atoms with E-state index in [0.29, 0.717) is 12.1 Å². The van der Waals surface area contributed by atoms with E-state index in [1.807, 2.05) is 20.8 Å². The zero-order valence-corrected chi connectivity index (χ0v) is 12.1. The molecule has 2 atom stereocenters. The Balaban J connectivity index is 2.09. The fraction of sp³-hybridized carbons (Fsp3) is 0.643. The molecule has 1 saturated heterocycles. The minimum atomic E-state index is -0.786. The van der Waals surface area contributed by atoms with Gasteiger partial charge in [-0.25, -0.2) is 14.8 Å². The summed E-state index contributed by atoms with van der Waals surface area (Å²) in [6.45, 7) is 6.09. The van der Waals surface area contributed by atoms with Gasteiger partial charge in [0, 0.05) is 24.5 Å². The molecule has 1 aromatic rings. The first-order valence-electron chi connectivity index (χ1n) is 6.81. The number of aromatic nitrogens is 2. The van der Waals surface area contributed by atoms with Gasteiger partial charge < -0.3 is 14.7 Å². The third-order valence-electron chi connectivity index (χ3n) is 3.21. The van der Waals surface area contributed by atoms with E-state index in [2.05, 4.69) is 9.97 Å². The fourth-order valence-electron chi connectivity index (χ4n) is 2.35. The zero-order chi connectivity index (χ0) is 14.8. The topological polar surface area (TPSA) is 75.5 Å². The minimum absolute atomic E-state index is 0.282. The van der Waals surface area contributed by atoms with Gasteiger partial charge in [0.2, 0.25) is 0 Å². The predicted octanol–water partition coefficient (Wildman–Crippen LogP) is 1.91. The summed E-state index contributed by atoms with van der Waals surface area (Å²) in [5.41, 5.74) is 0.0818. The Morgan fingerprint density at radius 3 is 2.70 bits per heavy atom. The van der Waals surface area contributed by atoms with E-state index in [1.165, 1.54) is 6.33 Å². The van der Waals surface area contributed by atoms with E-state index >= 15 is 0 Å². The molecule has 1 fully saturated rings. The second kappa shape index (κ2) is 5.75. The first kappa shape index (κ1) is 14.7. The van der Waals surface area contributed by atoms with Crippen molar-refractivity contribution in [3.05, 3.63) is 24.3 Å². The summed E-state index contributed by atoms with van der Waals surface area (Å²) in [6.07, 6.45) is 5.00. The maximum absolute atomic E-state index is 12.2. The maximum atomic E-state index is 12.2. The number of ether oxygens (including phenoxy) is 1. The van der Waals surface area contributed by atoms with Crippen LogP contribution in [0.4, 0.5) is 4.79 Å². The highest BCUT2D eigenvalue weighted by molar-refractivity contribution is 5.69. The Hall–Kier alpha value is -1.69. The molecule has 6 nitrogen and oxygen atoms in total. The molecule has 110 valence electrons. The molecule has 1 N–H and O–H groups in total. The molecule has 0 bridgehead atoms. The number of carbonyl (C=O) groups excluding carboxylic acids is 1. The number of nitrogens with zero attached hydrogens (tertiary/aromatic N) is 3. The normalized spacial score (nSPS) is 20.8. The quantitative estimate of drug-likeness (QED) is 0.895. The van der Waals surface area contributed by atoms with Crippen molar-refractivity contribution in [1.82, 2.24) is 14.9 Å². The van der Waals surface area contributed by atoms with Crippen LogP contribution >= 0.6 is 0 Å². The summed E-state index contributed by atoms with van der Waals surface area (Å²) >= 11 is 0. The fourth-order valence-corrected chi connectivity index (χ4v) is 2.35. The van der Waals surface area contributed by atoms with Gasteiger partial charge >= 0.3 is 6.09 Å². The summed E-state index contributed by atoms with van der Waals surface area (Å²) in [6, 6.07) is -0.282. The van der Waals surface area contributed by atoms with Crippen LogP contribution in [0.5, 0.6) is 0 Å². The van der Waals surface area contributed by atoms with Gasteiger partial charge in [-0.05, 0) is 33.6 Å². The molecule has 2 heterocycles. The summed E-state index contributed by atoms with van der Waals surface area (Å²) < 4.78 is 5.38. The lowest BCUT2D eigenvalue weighted by atomic mass is 10.0. The monoisotopic (exact) mass is 279 g/mol. The van der Waals surface area contributed by atoms with Gasteiger partial charge in [-0.2, -0.15) is 0 Å². The number of aliphatic hydroxyl groups excluding tert-OH is 1. The molecule has 1 amide bonds. The Morgan fingerprint density at radius 2 is 2.10 bits per heavy atom. The van der Waals surface area contributed by atoms with Crippen LogP contribution in [0.15, 0.2) is 18.7 Å². The summed E-state index contributed by atoms with van der Waals surface area (Å²) in [5.74, 6) is 0. The maximum Gasteiger partial charge on any atom is 0.410 e. The van der Waals surface area contributed by atoms with E-state index in [0.717, 1.165) is 12.8 Å². The van der Waals surface area contributed by atoms with Crippen LogP contribution in [-0.2, 0) is 4.74 Å². The van der Waals surface area contributed by atoms with Gasteiger partial charge in [0.05, 0.1) is 6.04 Å². The van der Waals surface area contributed by atoms with Crippen molar-refractivity contribution < 1.29 is 14.6 Å². The van der Waals surface area contributed by atoms with E-state index in [9.17, 15) is 9.90 Å². The standard InChI is InChI=1S/C14H21N3O3/c1-14(2,3)20-13(19)17-6-4-5-11(17)12(18)10-7-15-9-16-8-10/h7-9,11-12,18H,4-6H2,1-3H3/t11-,12?/m0/s1. The van der Waals surface area contributed by atoms with E-state index in [4.69, 9.17) is 4.74 Å². The van der Waals surface area contributed by atoms with E-state index in [1.54, 1.807) is 17.3 Å². The van der Waals surface area contributed by atoms with Gasteiger partial charge in [0.25, 0.3) is 0 Å². The van der Waals surface area contributed by atoms with Crippen molar-refractivity contribution in [3.63, 3.8) is 0 Å². The number of aliphatic hydroxyl groups is 1. The number of carbonyl (C=O) groups is 1. The van der Waals surface area contributed by atoms with Crippen molar-refractivity contribution in [2.45, 2.75) is 51.4 Å². The second-order valence-electron chi connectivity index (χ2n) is 6.00. The van der Waals surface area contributed by atoms with Crippen molar-refractivity contribution in [2.24, 2.45) is 0 Å².